The first-order chi connectivity index (χ1) is 9.38. The summed E-state index contributed by atoms with van der Waals surface area (Å²) in [6.07, 6.45) is -2.79. The van der Waals surface area contributed by atoms with E-state index in [4.69, 9.17) is 0 Å². The van der Waals surface area contributed by atoms with E-state index >= 15 is 0 Å². The van der Waals surface area contributed by atoms with E-state index in [1.807, 2.05) is 0 Å². The van der Waals surface area contributed by atoms with Crippen molar-refractivity contribution in [2.75, 3.05) is 5.32 Å². The van der Waals surface area contributed by atoms with Crippen LogP contribution in [0.15, 0.2) is 29.8 Å². The van der Waals surface area contributed by atoms with Crippen LogP contribution in [-0.2, 0) is 4.79 Å². The molecule has 3 atom stereocenters. The van der Waals surface area contributed by atoms with Crippen LogP contribution in [0.3, 0.4) is 0 Å². The molecule has 1 aliphatic rings. The fourth-order valence-corrected chi connectivity index (χ4v) is 2.05. The van der Waals surface area contributed by atoms with Crippen LogP contribution in [0, 0.1) is 12.7 Å². The van der Waals surface area contributed by atoms with Crippen molar-refractivity contribution in [2.45, 2.75) is 31.7 Å². The molecule has 0 unspecified atom stereocenters. The lowest BCUT2D eigenvalue weighted by Gasteiger charge is -2.27. The molecule has 20 heavy (non-hydrogen) atoms. The average molecular weight is 281 g/mol. The molecule has 0 aromatic heterocycles. The Morgan fingerprint density at radius 2 is 2.05 bits per heavy atom. The Morgan fingerprint density at radius 1 is 1.35 bits per heavy atom. The van der Waals surface area contributed by atoms with Gasteiger partial charge in [-0.1, -0.05) is 6.07 Å². The zero-order valence-electron chi connectivity index (χ0n) is 10.9. The number of hydrogen-bond acceptors (Lipinski definition) is 4. The minimum atomic E-state index is -1.32. The molecule has 0 spiro atoms. The van der Waals surface area contributed by atoms with E-state index in [9.17, 15) is 24.5 Å². The second kappa shape index (κ2) is 5.70. The van der Waals surface area contributed by atoms with Crippen LogP contribution >= 0.6 is 0 Å². The maximum absolute atomic E-state index is 13.5. The Morgan fingerprint density at radius 3 is 2.70 bits per heavy atom. The number of aliphatic hydroxyl groups excluding tert-OH is 3. The first-order valence-corrected chi connectivity index (χ1v) is 6.21. The molecular weight excluding hydrogens is 265 g/mol. The van der Waals surface area contributed by atoms with Gasteiger partial charge < -0.3 is 20.6 Å². The van der Waals surface area contributed by atoms with Gasteiger partial charge in [-0.3, -0.25) is 4.79 Å². The van der Waals surface area contributed by atoms with Crippen molar-refractivity contribution >= 4 is 11.6 Å². The third-order valence-corrected chi connectivity index (χ3v) is 3.21. The van der Waals surface area contributed by atoms with Crippen molar-refractivity contribution in [3.8, 4) is 0 Å². The third kappa shape index (κ3) is 3.04. The van der Waals surface area contributed by atoms with Crippen LogP contribution in [0.2, 0.25) is 0 Å². The molecule has 0 heterocycles. The molecule has 0 bridgehead atoms. The molecular formula is C14H16FNO4. The molecule has 0 fully saturated rings. The fraction of sp³-hybridized carbons (Fsp3) is 0.357. The monoisotopic (exact) mass is 281 g/mol. The van der Waals surface area contributed by atoms with Crippen molar-refractivity contribution in [1.82, 2.24) is 0 Å². The predicted octanol–water partition coefficient (Wildman–Crippen LogP) is 0.485. The van der Waals surface area contributed by atoms with Gasteiger partial charge in [0.15, 0.2) is 0 Å². The number of anilines is 1. The molecule has 2 rings (SSSR count). The van der Waals surface area contributed by atoms with Crippen LogP contribution in [0.25, 0.3) is 0 Å². The number of aryl methyl sites for hydroxylation is 1. The summed E-state index contributed by atoms with van der Waals surface area (Å²) in [5.74, 6) is -1.18. The Bertz CT molecular complexity index is 558. The van der Waals surface area contributed by atoms with Gasteiger partial charge in [-0.05, 0) is 30.7 Å². The molecule has 1 aromatic carbocycles. The maximum atomic E-state index is 13.5. The number of amides is 1. The second-order valence-corrected chi connectivity index (χ2v) is 4.88. The lowest BCUT2D eigenvalue weighted by molar-refractivity contribution is -0.114. The molecule has 1 aliphatic carbocycles. The lowest BCUT2D eigenvalue weighted by atomic mass is 9.92. The zero-order chi connectivity index (χ0) is 14.9. The molecule has 6 heteroatoms. The topological polar surface area (TPSA) is 89.8 Å². The third-order valence-electron chi connectivity index (χ3n) is 3.21. The van der Waals surface area contributed by atoms with Crippen LogP contribution in [0.4, 0.5) is 10.1 Å². The van der Waals surface area contributed by atoms with Gasteiger partial charge in [-0.2, -0.15) is 0 Å². The van der Waals surface area contributed by atoms with Gasteiger partial charge in [0.05, 0.1) is 11.8 Å². The first-order valence-electron chi connectivity index (χ1n) is 6.21. The van der Waals surface area contributed by atoms with E-state index in [-0.39, 0.29) is 17.7 Å². The molecule has 0 saturated heterocycles. The second-order valence-electron chi connectivity index (χ2n) is 4.88. The molecule has 1 amide bonds. The molecule has 4 N–H and O–H groups in total. The summed E-state index contributed by atoms with van der Waals surface area (Å²) in [5.41, 5.74) is 0.928. The van der Waals surface area contributed by atoms with Gasteiger partial charge >= 0.3 is 0 Å². The Kier molecular flexibility index (Phi) is 4.17. The van der Waals surface area contributed by atoms with Gasteiger partial charge in [0, 0.05) is 12.0 Å². The van der Waals surface area contributed by atoms with Gasteiger partial charge in [-0.25, -0.2) is 4.39 Å². The van der Waals surface area contributed by atoms with Crippen molar-refractivity contribution in [3.63, 3.8) is 0 Å². The number of carbonyl (C=O) groups excluding carboxylic acids is 1. The largest absolute Gasteiger partial charge is 0.390 e. The normalized spacial score (nSPS) is 26.1. The Labute approximate surface area is 115 Å². The highest BCUT2D eigenvalue weighted by Crippen LogP contribution is 2.22. The predicted molar refractivity (Wildman–Crippen MR) is 70.5 cm³/mol. The van der Waals surface area contributed by atoms with Gasteiger partial charge in [0.2, 0.25) is 0 Å². The highest BCUT2D eigenvalue weighted by Gasteiger charge is 2.31. The number of benzene rings is 1. The highest BCUT2D eigenvalue weighted by atomic mass is 19.1. The van der Waals surface area contributed by atoms with E-state index in [0.717, 1.165) is 5.56 Å². The van der Waals surface area contributed by atoms with Crippen LogP contribution < -0.4 is 5.32 Å². The Balaban J connectivity index is 2.16. The lowest BCUT2D eigenvalue weighted by Crippen LogP contribution is -2.41. The summed E-state index contributed by atoms with van der Waals surface area (Å²) in [7, 11) is 0. The number of nitrogens with one attached hydrogen (secondary N) is 1. The molecule has 0 radical (unpaired) electrons. The van der Waals surface area contributed by atoms with E-state index < -0.39 is 30.0 Å². The maximum Gasteiger partial charge on any atom is 0.251 e. The minimum absolute atomic E-state index is 0.0333. The van der Waals surface area contributed by atoms with Gasteiger partial charge in [0.1, 0.15) is 18.0 Å². The summed E-state index contributed by atoms with van der Waals surface area (Å²) in [4.78, 5) is 12.0. The van der Waals surface area contributed by atoms with E-state index in [2.05, 4.69) is 5.32 Å². The van der Waals surface area contributed by atoms with Crippen molar-refractivity contribution in [2.24, 2.45) is 0 Å². The Hall–Kier alpha value is -1.76. The van der Waals surface area contributed by atoms with Gasteiger partial charge in [-0.15, -0.1) is 0 Å². The van der Waals surface area contributed by atoms with E-state index in [0.29, 0.717) is 0 Å². The van der Waals surface area contributed by atoms with Crippen molar-refractivity contribution in [1.29, 1.82) is 0 Å². The number of carbonyl (C=O) groups is 1. The first kappa shape index (κ1) is 14.6. The minimum Gasteiger partial charge on any atom is -0.390 e. The SMILES string of the molecule is Cc1ccc(F)c(NC(=O)C2=C[C@@H](O)[C@@H](O)[C@H](O)C2)c1. The summed E-state index contributed by atoms with van der Waals surface area (Å²) >= 11 is 0. The number of halogens is 1. The van der Waals surface area contributed by atoms with Gasteiger partial charge in [0.25, 0.3) is 5.91 Å². The number of rotatable bonds is 2. The summed E-state index contributed by atoms with van der Waals surface area (Å²) in [6, 6.07) is 4.31. The van der Waals surface area contributed by atoms with Crippen LogP contribution in [0.5, 0.6) is 0 Å². The fourth-order valence-electron chi connectivity index (χ4n) is 2.05. The molecule has 5 nitrogen and oxygen atoms in total. The highest BCUT2D eigenvalue weighted by molar-refractivity contribution is 6.04. The number of aliphatic hydroxyl groups is 3. The van der Waals surface area contributed by atoms with E-state index in [1.54, 1.807) is 13.0 Å². The molecule has 108 valence electrons. The standard InChI is InChI=1S/C14H16FNO4/c1-7-2-3-9(15)10(4-7)16-14(20)8-5-11(17)13(19)12(18)6-8/h2-5,11-13,17-19H,6H2,1H3,(H,16,20)/t11-,12-,13-/m1/s1. The summed E-state index contributed by atoms with van der Waals surface area (Å²) < 4.78 is 13.5. The molecule has 0 saturated carbocycles. The number of hydrogen-bond donors (Lipinski definition) is 4. The quantitative estimate of drug-likeness (QED) is 0.635. The molecule has 0 aliphatic heterocycles. The van der Waals surface area contributed by atoms with Crippen molar-refractivity contribution in [3.05, 3.63) is 41.2 Å². The zero-order valence-corrected chi connectivity index (χ0v) is 10.9. The average Bonchev–Trinajstić information content (AvgIpc) is 2.39. The summed E-state index contributed by atoms with van der Waals surface area (Å²) in [6.45, 7) is 1.76. The summed E-state index contributed by atoms with van der Waals surface area (Å²) in [5, 5.41) is 30.8. The molecule has 1 aromatic rings. The van der Waals surface area contributed by atoms with Crippen LogP contribution in [-0.4, -0.2) is 39.5 Å². The van der Waals surface area contributed by atoms with Crippen LogP contribution in [0.1, 0.15) is 12.0 Å². The van der Waals surface area contributed by atoms with E-state index in [1.165, 1.54) is 18.2 Å². The smallest absolute Gasteiger partial charge is 0.251 e. The van der Waals surface area contributed by atoms with Crippen molar-refractivity contribution < 1.29 is 24.5 Å².